The molecule has 160 valence electrons. The number of esters is 1. The number of ether oxygens (including phenoxy) is 2. The summed E-state index contributed by atoms with van der Waals surface area (Å²) >= 11 is 0. The fourth-order valence-corrected chi connectivity index (χ4v) is 2.87. The molecule has 5 heteroatoms. The molecule has 0 unspecified atom stereocenters. The standard InChI is InChI=1S/C26H27NO4/c1-3-4-5-16-30-23-13-8-20(9-14-23)26(29)31-24-15-10-21(25(28)17-24)18-27-22-11-6-19(2)7-12-22/h6-15,17-18,28H,3-5,16H2,1-2H3. The van der Waals surface area contributed by atoms with Gasteiger partial charge >= 0.3 is 5.97 Å². The fraction of sp³-hybridized carbons (Fsp3) is 0.231. The van der Waals surface area contributed by atoms with Gasteiger partial charge in [0.1, 0.15) is 17.2 Å². The average molecular weight is 418 g/mol. The molecule has 3 aromatic rings. The highest BCUT2D eigenvalue weighted by Gasteiger charge is 2.10. The summed E-state index contributed by atoms with van der Waals surface area (Å²) in [6.07, 6.45) is 4.86. The number of rotatable bonds is 9. The Morgan fingerprint density at radius 1 is 0.968 bits per heavy atom. The third kappa shape index (κ3) is 6.71. The molecule has 0 heterocycles. The van der Waals surface area contributed by atoms with Crippen LogP contribution in [0.3, 0.4) is 0 Å². The Balaban J connectivity index is 1.58. The zero-order chi connectivity index (χ0) is 22.1. The highest BCUT2D eigenvalue weighted by Crippen LogP contribution is 2.24. The maximum absolute atomic E-state index is 12.4. The van der Waals surface area contributed by atoms with Crippen LogP contribution in [0.4, 0.5) is 5.69 Å². The number of aryl methyl sites for hydroxylation is 1. The SMILES string of the molecule is CCCCCOc1ccc(C(=O)Oc2ccc(C=Nc3ccc(C)cc3)c(O)c2)cc1. The Morgan fingerprint density at radius 2 is 1.68 bits per heavy atom. The second-order valence-corrected chi connectivity index (χ2v) is 7.28. The molecule has 0 aliphatic rings. The molecule has 1 N–H and O–H groups in total. The van der Waals surface area contributed by atoms with Crippen molar-refractivity contribution in [1.29, 1.82) is 0 Å². The lowest BCUT2D eigenvalue weighted by Crippen LogP contribution is -2.08. The molecule has 0 saturated carbocycles. The number of aliphatic imine (C=N–C) groups is 1. The molecular weight excluding hydrogens is 390 g/mol. The van der Waals surface area contributed by atoms with E-state index in [-0.39, 0.29) is 11.5 Å². The highest BCUT2D eigenvalue weighted by atomic mass is 16.5. The maximum atomic E-state index is 12.4. The van der Waals surface area contributed by atoms with Gasteiger partial charge in [0.15, 0.2) is 0 Å². The van der Waals surface area contributed by atoms with Gasteiger partial charge in [-0.25, -0.2) is 4.79 Å². The van der Waals surface area contributed by atoms with Crippen LogP contribution in [-0.4, -0.2) is 23.9 Å². The van der Waals surface area contributed by atoms with Gasteiger partial charge in [0, 0.05) is 17.8 Å². The monoisotopic (exact) mass is 417 g/mol. The van der Waals surface area contributed by atoms with Gasteiger partial charge in [-0.1, -0.05) is 37.5 Å². The van der Waals surface area contributed by atoms with E-state index < -0.39 is 5.97 Å². The Labute approximate surface area is 183 Å². The van der Waals surface area contributed by atoms with Crippen LogP contribution < -0.4 is 9.47 Å². The molecule has 0 atom stereocenters. The number of phenolic OH excluding ortho intramolecular Hbond substituents is 1. The largest absolute Gasteiger partial charge is 0.507 e. The van der Waals surface area contributed by atoms with Gasteiger partial charge in [-0.05, 0) is 61.9 Å². The molecule has 0 aromatic heterocycles. The first-order valence-electron chi connectivity index (χ1n) is 10.4. The van der Waals surface area contributed by atoms with Gasteiger partial charge in [-0.2, -0.15) is 0 Å². The van der Waals surface area contributed by atoms with Gasteiger partial charge in [0.05, 0.1) is 17.9 Å². The summed E-state index contributed by atoms with van der Waals surface area (Å²) in [7, 11) is 0. The van der Waals surface area contributed by atoms with Gasteiger partial charge < -0.3 is 14.6 Å². The van der Waals surface area contributed by atoms with Gasteiger partial charge in [-0.15, -0.1) is 0 Å². The lowest BCUT2D eigenvalue weighted by molar-refractivity contribution is 0.0734. The zero-order valence-electron chi connectivity index (χ0n) is 17.9. The van der Waals surface area contributed by atoms with Crippen LogP contribution >= 0.6 is 0 Å². The molecule has 0 bridgehead atoms. The van der Waals surface area contributed by atoms with Gasteiger partial charge in [0.25, 0.3) is 0 Å². The van der Waals surface area contributed by atoms with E-state index >= 15 is 0 Å². The Kier molecular flexibility index (Phi) is 7.82. The van der Waals surface area contributed by atoms with E-state index in [0.717, 1.165) is 36.3 Å². The van der Waals surface area contributed by atoms with E-state index in [2.05, 4.69) is 11.9 Å². The van der Waals surface area contributed by atoms with Crippen molar-refractivity contribution >= 4 is 17.9 Å². The number of phenols is 1. The molecule has 0 spiro atoms. The van der Waals surface area contributed by atoms with E-state index in [1.165, 1.54) is 6.07 Å². The molecule has 3 aromatic carbocycles. The second kappa shape index (κ2) is 11.0. The van der Waals surface area contributed by atoms with Gasteiger partial charge in [0.2, 0.25) is 0 Å². The van der Waals surface area contributed by atoms with Crippen LogP contribution in [0.2, 0.25) is 0 Å². The number of hydrogen-bond acceptors (Lipinski definition) is 5. The average Bonchev–Trinajstić information content (AvgIpc) is 2.78. The smallest absolute Gasteiger partial charge is 0.343 e. The number of aromatic hydroxyl groups is 1. The van der Waals surface area contributed by atoms with Gasteiger partial charge in [-0.3, -0.25) is 4.99 Å². The van der Waals surface area contributed by atoms with Crippen molar-refractivity contribution < 1.29 is 19.4 Å². The van der Waals surface area contributed by atoms with Crippen molar-refractivity contribution in [3.8, 4) is 17.2 Å². The van der Waals surface area contributed by atoms with Crippen molar-refractivity contribution in [2.24, 2.45) is 4.99 Å². The molecule has 31 heavy (non-hydrogen) atoms. The number of benzene rings is 3. The molecule has 0 saturated heterocycles. The number of nitrogens with zero attached hydrogens (tertiary/aromatic N) is 1. The van der Waals surface area contributed by atoms with Crippen LogP contribution in [0.15, 0.2) is 71.7 Å². The fourth-order valence-electron chi connectivity index (χ4n) is 2.87. The minimum Gasteiger partial charge on any atom is -0.507 e. The number of carbonyl (C=O) groups is 1. The van der Waals surface area contributed by atoms with E-state index in [1.807, 2.05) is 31.2 Å². The molecule has 3 rings (SSSR count). The molecule has 0 amide bonds. The lowest BCUT2D eigenvalue weighted by atomic mass is 10.2. The third-order valence-corrected chi connectivity index (χ3v) is 4.71. The van der Waals surface area contributed by atoms with Crippen LogP contribution in [0.25, 0.3) is 0 Å². The first-order chi connectivity index (χ1) is 15.0. The zero-order valence-corrected chi connectivity index (χ0v) is 17.9. The summed E-state index contributed by atoms with van der Waals surface area (Å²) in [5.41, 5.74) is 2.88. The molecule has 0 aliphatic carbocycles. The normalized spacial score (nSPS) is 10.9. The maximum Gasteiger partial charge on any atom is 0.343 e. The van der Waals surface area contributed by atoms with E-state index in [4.69, 9.17) is 9.47 Å². The van der Waals surface area contributed by atoms with E-state index in [0.29, 0.717) is 17.7 Å². The highest BCUT2D eigenvalue weighted by molar-refractivity contribution is 5.91. The summed E-state index contributed by atoms with van der Waals surface area (Å²) in [5, 5.41) is 10.3. The number of carbonyl (C=O) groups excluding carboxylic acids is 1. The summed E-state index contributed by atoms with van der Waals surface area (Å²) in [6, 6.07) is 19.3. The topological polar surface area (TPSA) is 68.1 Å². The Hall–Kier alpha value is -3.60. The summed E-state index contributed by atoms with van der Waals surface area (Å²) in [6.45, 7) is 4.82. The van der Waals surface area contributed by atoms with Crippen LogP contribution in [0.1, 0.15) is 47.7 Å². The van der Waals surface area contributed by atoms with Crippen molar-refractivity contribution in [2.75, 3.05) is 6.61 Å². The number of hydrogen-bond donors (Lipinski definition) is 1. The lowest BCUT2D eigenvalue weighted by Gasteiger charge is -2.08. The predicted molar refractivity (Wildman–Crippen MR) is 123 cm³/mol. The van der Waals surface area contributed by atoms with Crippen molar-refractivity contribution in [1.82, 2.24) is 0 Å². The van der Waals surface area contributed by atoms with Crippen molar-refractivity contribution in [3.63, 3.8) is 0 Å². The van der Waals surface area contributed by atoms with E-state index in [9.17, 15) is 9.90 Å². The third-order valence-electron chi connectivity index (χ3n) is 4.71. The van der Waals surface area contributed by atoms with Crippen molar-refractivity contribution in [3.05, 3.63) is 83.4 Å². The minimum absolute atomic E-state index is 0.0167. The Morgan fingerprint density at radius 3 is 2.35 bits per heavy atom. The van der Waals surface area contributed by atoms with E-state index in [1.54, 1.807) is 42.6 Å². The second-order valence-electron chi connectivity index (χ2n) is 7.28. The summed E-state index contributed by atoms with van der Waals surface area (Å²) in [5.74, 6) is 0.465. The summed E-state index contributed by atoms with van der Waals surface area (Å²) in [4.78, 5) is 16.7. The minimum atomic E-state index is -0.502. The molecule has 0 radical (unpaired) electrons. The quantitative estimate of drug-likeness (QED) is 0.194. The van der Waals surface area contributed by atoms with Crippen LogP contribution in [-0.2, 0) is 0 Å². The van der Waals surface area contributed by atoms with Crippen LogP contribution in [0.5, 0.6) is 17.2 Å². The van der Waals surface area contributed by atoms with Crippen LogP contribution in [0, 0.1) is 6.92 Å². The molecular formula is C26H27NO4. The first-order valence-corrected chi connectivity index (χ1v) is 10.4. The summed E-state index contributed by atoms with van der Waals surface area (Å²) < 4.78 is 11.0. The predicted octanol–water partition coefficient (Wildman–Crippen LogP) is 6.24. The molecule has 0 aliphatic heterocycles. The Bertz CT molecular complexity index is 1020. The van der Waals surface area contributed by atoms with Crippen molar-refractivity contribution in [2.45, 2.75) is 33.1 Å². The molecule has 5 nitrogen and oxygen atoms in total. The molecule has 0 fully saturated rings. The first kappa shape index (κ1) is 22.1. The number of unbranched alkanes of at least 4 members (excludes halogenated alkanes) is 2.